The van der Waals surface area contributed by atoms with Crippen LogP contribution in [0.25, 0.3) is 0 Å². The summed E-state index contributed by atoms with van der Waals surface area (Å²) in [6.07, 6.45) is 3.57. The molecule has 2 rings (SSSR count). The number of thiophene rings is 1. The van der Waals surface area contributed by atoms with Crippen molar-refractivity contribution in [2.45, 2.75) is 20.4 Å². The zero-order chi connectivity index (χ0) is 20.1. The van der Waals surface area contributed by atoms with E-state index in [0.29, 0.717) is 5.56 Å². The molecule has 0 bridgehead atoms. The lowest BCUT2D eigenvalue weighted by Crippen LogP contribution is -2.39. The molecule has 0 fully saturated rings. The van der Waals surface area contributed by atoms with Gasteiger partial charge >= 0.3 is 5.97 Å². The summed E-state index contributed by atoms with van der Waals surface area (Å²) in [5.74, 6) is -1.59. The molecule has 0 aliphatic carbocycles. The van der Waals surface area contributed by atoms with Gasteiger partial charge < -0.3 is 20.7 Å². The van der Waals surface area contributed by atoms with Crippen molar-refractivity contribution in [3.63, 3.8) is 0 Å². The molecule has 0 spiro atoms. The van der Waals surface area contributed by atoms with Gasteiger partial charge in [0.05, 0.1) is 17.0 Å². The highest BCUT2D eigenvalue weighted by Gasteiger charge is 2.26. The number of nitrogens with zero attached hydrogens (tertiary/aromatic N) is 2. The molecule has 0 atom stereocenters. The highest BCUT2D eigenvalue weighted by Crippen LogP contribution is 2.33. The molecule has 2 amide bonds. The number of hydrogen-bond acceptors (Lipinski definition) is 6. The fourth-order valence-electron chi connectivity index (χ4n) is 2.47. The van der Waals surface area contributed by atoms with Gasteiger partial charge in [0.2, 0.25) is 6.54 Å². The molecule has 144 valence electrons. The van der Waals surface area contributed by atoms with E-state index in [4.69, 9.17) is 10.5 Å². The first-order chi connectivity index (χ1) is 12.7. The Hall–Kier alpha value is -2.94. The molecular weight excluding hydrogens is 368 g/mol. The van der Waals surface area contributed by atoms with Crippen LogP contribution in [0.3, 0.4) is 0 Å². The lowest BCUT2D eigenvalue weighted by molar-refractivity contribution is -0.684. The molecule has 2 heterocycles. The van der Waals surface area contributed by atoms with Crippen molar-refractivity contribution in [2.75, 3.05) is 30.9 Å². The number of esters is 1. The monoisotopic (exact) mass is 391 g/mol. The van der Waals surface area contributed by atoms with Crippen LogP contribution in [-0.2, 0) is 16.1 Å². The van der Waals surface area contributed by atoms with Crippen LogP contribution in [0.4, 0.5) is 10.7 Å². The van der Waals surface area contributed by atoms with E-state index in [1.54, 1.807) is 30.8 Å². The molecule has 0 saturated carbocycles. The van der Waals surface area contributed by atoms with Gasteiger partial charge in [0.15, 0.2) is 12.4 Å². The van der Waals surface area contributed by atoms with E-state index in [-0.39, 0.29) is 34.5 Å². The molecule has 0 aromatic carbocycles. The van der Waals surface area contributed by atoms with E-state index >= 15 is 0 Å². The van der Waals surface area contributed by atoms with Crippen molar-refractivity contribution in [2.24, 2.45) is 5.73 Å². The molecule has 9 heteroatoms. The fourth-order valence-corrected chi connectivity index (χ4v) is 3.53. The molecule has 0 aliphatic heterocycles. The van der Waals surface area contributed by atoms with E-state index in [0.717, 1.165) is 17.0 Å². The SMILES string of the molecule is CCOC(=O)c1c(NC(=O)C[n+]2ccc(N(C)C)cc2)sc(C(N)=O)c1C. The molecular formula is C18H23N4O4S+. The summed E-state index contributed by atoms with van der Waals surface area (Å²) in [5.41, 5.74) is 6.94. The van der Waals surface area contributed by atoms with Crippen LogP contribution < -0.4 is 20.5 Å². The molecule has 3 N–H and O–H groups in total. The predicted octanol–water partition coefficient (Wildman–Crippen LogP) is 1.32. The summed E-state index contributed by atoms with van der Waals surface area (Å²) in [4.78, 5) is 38.4. The second kappa shape index (κ2) is 8.63. The first-order valence-electron chi connectivity index (χ1n) is 8.31. The average Bonchev–Trinajstić information content (AvgIpc) is 2.91. The number of carbonyl (C=O) groups is 3. The van der Waals surface area contributed by atoms with Crippen LogP contribution in [0, 0.1) is 6.92 Å². The Morgan fingerprint density at radius 3 is 2.41 bits per heavy atom. The van der Waals surface area contributed by atoms with Gasteiger partial charge in [-0.3, -0.25) is 9.59 Å². The van der Waals surface area contributed by atoms with Gasteiger partial charge in [-0.15, -0.1) is 11.3 Å². The second-order valence-electron chi connectivity index (χ2n) is 6.02. The summed E-state index contributed by atoms with van der Waals surface area (Å²) in [6.45, 7) is 3.52. The largest absolute Gasteiger partial charge is 0.462 e. The highest BCUT2D eigenvalue weighted by molar-refractivity contribution is 7.18. The number of hydrogen-bond donors (Lipinski definition) is 2. The number of amides is 2. The Labute approximate surface area is 161 Å². The minimum atomic E-state index is -0.655. The molecule has 27 heavy (non-hydrogen) atoms. The fraction of sp³-hybridized carbons (Fsp3) is 0.333. The van der Waals surface area contributed by atoms with Gasteiger partial charge in [-0.1, -0.05) is 0 Å². The van der Waals surface area contributed by atoms with Crippen LogP contribution in [0.2, 0.25) is 0 Å². The maximum absolute atomic E-state index is 12.4. The average molecular weight is 391 g/mol. The van der Waals surface area contributed by atoms with E-state index in [1.807, 2.05) is 31.1 Å². The second-order valence-corrected chi connectivity index (χ2v) is 7.04. The molecule has 0 saturated heterocycles. The van der Waals surface area contributed by atoms with Crippen LogP contribution in [-0.4, -0.2) is 38.5 Å². The third-order valence-electron chi connectivity index (χ3n) is 3.82. The number of aromatic nitrogens is 1. The Balaban J connectivity index is 2.22. The molecule has 2 aromatic rings. The van der Waals surface area contributed by atoms with Gasteiger partial charge in [-0.2, -0.15) is 4.57 Å². The van der Waals surface area contributed by atoms with Gasteiger partial charge in [0, 0.05) is 31.9 Å². The van der Waals surface area contributed by atoms with E-state index in [9.17, 15) is 14.4 Å². The van der Waals surface area contributed by atoms with Gasteiger partial charge in [-0.05, 0) is 19.4 Å². The third-order valence-corrected chi connectivity index (χ3v) is 5.04. The number of rotatable bonds is 7. The minimum Gasteiger partial charge on any atom is -0.462 e. The maximum Gasteiger partial charge on any atom is 0.341 e. The van der Waals surface area contributed by atoms with Crippen molar-refractivity contribution < 1.29 is 23.7 Å². The normalized spacial score (nSPS) is 10.4. The van der Waals surface area contributed by atoms with E-state index in [2.05, 4.69) is 5.32 Å². The lowest BCUT2D eigenvalue weighted by Gasteiger charge is -2.10. The number of anilines is 2. The quantitative estimate of drug-likeness (QED) is 0.547. The summed E-state index contributed by atoms with van der Waals surface area (Å²) in [6, 6.07) is 3.77. The summed E-state index contributed by atoms with van der Waals surface area (Å²) >= 11 is 0.970. The highest BCUT2D eigenvalue weighted by atomic mass is 32.1. The van der Waals surface area contributed by atoms with Crippen molar-refractivity contribution in [1.29, 1.82) is 0 Å². The Morgan fingerprint density at radius 2 is 1.89 bits per heavy atom. The van der Waals surface area contributed by atoms with Gasteiger partial charge in [0.1, 0.15) is 5.00 Å². The van der Waals surface area contributed by atoms with Crippen LogP contribution in [0.1, 0.15) is 32.5 Å². The smallest absolute Gasteiger partial charge is 0.341 e. The molecule has 0 unspecified atom stereocenters. The topological polar surface area (TPSA) is 106 Å². The summed E-state index contributed by atoms with van der Waals surface area (Å²) in [5, 5.41) is 2.95. The van der Waals surface area contributed by atoms with Gasteiger partial charge in [-0.25, -0.2) is 4.79 Å². The number of pyridine rings is 1. The Morgan fingerprint density at radius 1 is 1.26 bits per heavy atom. The number of nitrogens with two attached hydrogens (primary N) is 1. The number of primary amides is 1. The lowest BCUT2D eigenvalue weighted by atomic mass is 10.1. The molecule has 0 aliphatic rings. The van der Waals surface area contributed by atoms with Crippen molar-refractivity contribution >= 4 is 39.8 Å². The molecule has 0 radical (unpaired) electrons. The Kier molecular flexibility index (Phi) is 6.51. The maximum atomic E-state index is 12.4. The first-order valence-corrected chi connectivity index (χ1v) is 9.12. The van der Waals surface area contributed by atoms with Crippen molar-refractivity contribution in [1.82, 2.24) is 0 Å². The van der Waals surface area contributed by atoms with Crippen LogP contribution in [0.5, 0.6) is 0 Å². The summed E-state index contributed by atoms with van der Waals surface area (Å²) < 4.78 is 6.74. The van der Waals surface area contributed by atoms with Crippen molar-refractivity contribution in [3.8, 4) is 0 Å². The van der Waals surface area contributed by atoms with E-state index < -0.39 is 11.9 Å². The minimum absolute atomic E-state index is 0.0544. The first kappa shape index (κ1) is 20.4. The van der Waals surface area contributed by atoms with Crippen molar-refractivity contribution in [3.05, 3.63) is 40.5 Å². The Bertz CT molecular complexity index is 859. The standard InChI is InChI=1S/C18H22N4O4S/c1-5-26-18(25)14-11(2)15(16(19)24)27-17(14)20-13(23)10-22-8-6-12(7-9-22)21(3)4/h6-9H,5,10H2,1-4H3,(H2-,19,20,23,24,25)/p+1. The number of carbonyl (C=O) groups excluding carboxylic acids is 3. The third kappa shape index (κ3) is 4.82. The zero-order valence-corrected chi connectivity index (χ0v) is 16.6. The number of ether oxygens (including phenoxy) is 1. The zero-order valence-electron chi connectivity index (χ0n) is 15.7. The summed E-state index contributed by atoms with van der Waals surface area (Å²) in [7, 11) is 3.86. The number of nitrogens with one attached hydrogen (secondary N) is 1. The van der Waals surface area contributed by atoms with Gasteiger partial charge in [0.25, 0.3) is 11.8 Å². The van der Waals surface area contributed by atoms with Crippen LogP contribution in [0.15, 0.2) is 24.5 Å². The predicted molar refractivity (Wildman–Crippen MR) is 103 cm³/mol. The van der Waals surface area contributed by atoms with Crippen LogP contribution >= 0.6 is 11.3 Å². The van der Waals surface area contributed by atoms with E-state index in [1.165, 1.54) is 0 Å². The molecule has 2 aromatic heterocycles. The molecule has 8 nitrogen and oxygen atoms in total.